The van der Waals surface area contributed by atoms with Gasteiger partial charge in [-0.1, -0.05) is 36.4 Å². The molecule has 0 fully saturated rings. The van der Waals surface area contributed by atoms with Gasteiger partial charge in [-0.3, -0.25) is 0 Å². The average molecular weight is 308 g/mol. The lowest BCUT2D eigenvalue weighted by molar-refractivity contribution is 0.265. The van der Waals surface area contributed by atoms with Crippen LogP contribution < -0.4 is 10.5 Å². The third kappa shape index (κ3) is 5.38. The lowest BCUT2D eigenvalue weighted by atomic mass is 10.1. The molecule has 0 saturated carbocycles. The van der Waals surface area contributed by atoms with Crippen molar-refractivity contribution in [1.29, 1.82) is 0 Å². The molecule has 0 aliphatic rings. The van der Waals surface area contributed by atoms with E-state index in [-0.39, 0.29) is 25.1 Å². The van der Waals surface area contributed by atoms with Gasteiger partial charge in [0.25, 0.3) is 0 Å². The lowest BCUT2D eigenvalue weighted by Gasteiger charge is -2.11. The molecule has 0 radical (unpaired) electrons. The van der Waals surface area contributed by atoms with Crippen molar-refractivity contribution in [2.45, 2.75) is 26.0 Å². The molecule has 3 N–H and O–H groups in total. The van der Waals surface area contributed by atoms with Crippen LogP contribution in [-0.4, -0.2) is 17.8 Å². The van der Waals surface area contributed by atoms with E-state index < -0.39 is 0 Å². The second kappa shape index (κ2) is 8.67. The number of halogens is 1. The predicted molar refractivity (Wildman–Crippen MR) is 88.0 cm³/mol. The van der Waals surface area contributed by atoms with E-state index in [0.717, 1.165) is 11.3 Å². The molecule has 2 rings (SSSR count). The zero-order valence-corrected chi connectivity index (χ0v) is 13.0. The molecule has 0 aromatic heterocycles. The van der Waals surface area contributed by atoms with Gasteiger partial charge < -0.3 is 15.6 Å². The number of aliphatic hydroxyl groups excluding tert-OH is 1. The molecule has 0 bridgehead atoms. The lowest BCUT2D eigenvalue weighted by Crippen LogP contribution is -2.26. The van der Waals surface area contributed by atoms with Crippen molar-refractivity contribution < 1.29 is 9.84 Å². The Labute approximate surface area is 132 Å². The van der Waals surface area contributed by atoms with E-state index in [1.807, 2.05) is 36.4 Å². The first-order chi connectivity index (χ1) is 9.69. The number of nitrogens with two attached hydrogens (primary N) is 1. The first-order valence-electron chi connectivity index (χ1n) is 6.81. The van der Waals surface area contributed by atoms with E-state index in [1.165, 1.54) is 11.1 Å². The fourth-order valence-corrected chi connectivity index (χ4v) is 2.02. The van der Waals surface area contributed by atoms with Crippen LogP contribution in [0.5, 0.6) is 5.75 Å². The summed E-state index contributed by atoms with van der Waals surface area (Å²) >= 11 is 0. The first kappa shape index (κ1) is 17.5. The van der Waals surface area contributed by atoms with Crippen LogP contribution in [0.25, 0.3) is 0 Å². The number of hydrogen-bond donors (Lipinski definition) is 2. The molecule has 0 aliphatic heterocycles. The molecule has 0 heterocycles. The molecular formula is C17H22ClNO2. The number of ether oxygens (including phenoxy) is 1. The third-order valence-electron chi connectivity index (χ3n) is 3.31. The van der Waals surface area contributed by atoms with Gasteiger partial charge in [0.1, 0.15) is 12.4 Å². The maximum absolute atomic E-state index is 8.94. The van der Waals surface area contributed by atoms with Gasteiger partial charge in [-0.2, -0.15) is 0 Å². The van der Waals surface area contributed by atoms with E-state index in [2.05, 4.69) is 19.1 Å². The number of hydrogen-bond acceptors (Lipinski definition) is 3. The van der Waals surface area contributed by atoms with Crippen LogP contribution in [0.3, 0.4) is 0 Å². The minimum Gasteiger partial charge on any atom is -0.489 e. The highest BCUT2D eigenvalue weighted by molar-refractivity contribution is 5.85. The van der Waals surface area contributed by atoms with Crippen molar-refractivity contribution >= 4 is 12.4 Å². The van der Waals surface area contributed by atoms with Crippen LogP contribution in [0.1, 0.15) is 16.7 Å². The van der Waals surface area contributed by atoms with Crippen LogP contribution in [0.2, 0.25) is 0 Å². The van der Waals surface area contributed by atoms with Gasteiger partial charge >= 0.3 is 0 Å². The monoisotopic (exact) mass is 307 g/mol. The van der Waals surface area contributed by atoms with Crippen LogP contribution in [0, 0.1) is 6.92 Å². The zero-order valence-electron chi connectivity index (χ0n) is 12.2. The smallest absolute Gasteiger partial charge is 0.119 e. The van der Waals surface area contributed by atoms with Crippen LogP contribution in [0.4, 0.5) is 0 Å². The molecule has 0 spiro atoms. The fourth-order valence-electron chi connectivity index (χ4n) is 2.02. The number of benzene rings is 2. The average Bonchev–Trinajstić information content (AvgIpc) is 2.48. The Morgan fingerprint density at radius 1 is 1.10 bits per heavy atom. The quantitative estimate of drug-likeness (QED) is 0.863. The summed E-state index contributed by atoms with van der Waals surface area (Å²) in [7, 11) is 0. The SMILES string of the molecule is Cc1ccccc1COc1ccc(CC(N)CO)cc1.Cl. The molecule has 1 atom stereocenters. The first-order valence-corrected chi connectivity index (χ1v) is 6.81. The topological polar surface area (TPSA) is 55.5 Å². The standard InChI is InChI=1S/C17H21NO2.ClH/c1-13-4-2-3-5-15(13)12-20-17-8-6-14(7-9-17)10-16(18)11-19;/h2-9,16,19H,10-12,18H2,1H3;1H. The van der Waals surface area contributed by atoms with E-state index in [1.54, 1.807) is 0 Å². The zero-order chi connectivity index (χ0) is 14.4. The van der Waals surface area contributed by atoms with E-state index in [9.17, 15) is 0 Å². The number of aryl methyl sites for hydroxylation is 1. The molecule has 1 unspecified atom stereocenters. The molecule has 0 aliphatic carbocycles. The van der Waals surface area contributed by atoms with Crippen molar-refractivity contribution in [3.63, 3.8) is 0 Å². The van der Waals surface area contributed by atoms with Crippen LogP contribution in [0.15, 0.2) is 48.5 Å². The molecule has 0 saturated heterocycles. The van der Waals surface area contributed by atoms with Gasteiger partial charge in [-0.25, -0.2) is 0 Å². The highest BCUT2D eigenvalue weighted by atomic mass is 35.5. The summed E-state index contributed by atoms with van der Waals surface area (Å²) in [4.78, 5) is 0. The molecular weight excluding hydrogens is 286 g/mol. The summed E-state index contributed by atoms with van der Waals surface area (Å²) in [6, 6.07) is 15.9. The molecule has 0 amide bonds. The Morgan fingerprint density at radius 3 is 2.38 bits per heavy atom. The van der Waals surface area contributed by atoms with Crippen molar-refractivity contribution in [2.75, 3.05) is 6.61 Å². The molecule has 114 valence electrons. The van der Waals surface area contributed by atoms with Gasteiger partial charge in [-0.15, -0.1) is 12.4 Å². The minimum absolute atomic E-state index is 0. The fraction of sp³-hybridized carbons (Fsp3) is 0.294. The summed E-state index contributed by atoms with van der Waals surface area (Å²) in [5, 5.41) is 8.94. The predicted octanol–water partition coefficient (Wildman–Crippen LogP) is 2.86. The van der Waals surface area contributed by atoms with Gasteiger partial charge in [0.15, 0.2) is 0 Å². The normalized spacial score (nSPS) is 11.6. The number of aliphatic hydroxyl groups is 1. The highest BCUT2D eigenvalue weighted by Gasteiger charge is 2.03. The Hall–Kier alpha value is -1.55. The van der Waals surface area contributed by atoms with E-state index in [4.69, 9.17) is 15.6 Å². The third-order valence-corrected chi connectivity index (χ3v) is 3.31. The Kier molecular flexibility index (Phi) is 7.23. The van der Waals surface area contributed by atoms with Crippen molar-refractivity contribution in [1.82, 2.24) is 0 Å². The maximum atomic E-state index is 8.94. The summed E-state index contributed by atoms with van der Waals surface area (Å²) in [6.45, 7) is 2.66. The minimum atomic E-state index is -0.200. The summed E-state index contributed by atoms with van der Waals surface area (Å²) in [5.74, 6) is 0.842. The van der Waals surface area contributed by atoms with Gasteiger partial charge in [-0.05, 0) is 42.2 Å². The van der Waals surface area contributed by atoms with E-state index in [0.29, 0.717) is 13.0 Å². The van der Waals surface area contributed by atoms with Gasteiger partial charge in [0.05, 0.1) is 6.61 Å². The molecule has 3 nitrogen and oxygen atoms in total. The Bertz CT molecular complexity index is 543. The van der Waals surface area contributed by atoms with Gasteiger partial charge in [0, 0.05) is 6.04 Å². The highest BCUT2D eigenvalue weighted by Crippen LogP contribution is 2.16. The maximum Gasteiger partial charge on any atom is 0.119 e. The second-order valence-corrected chi connectivity index (χ2v) is 5.01. The number of rotatable bonds is 6. The molecule has 4 heteroatoms. The van der Waals surface area contributed by atoms with Crippen LogP contribution in [-0.2, 0) is 13.0 Å². The Balaban J connectivity index is 0.00000220. The Morgan fingerprint density at radius 2 is 1.76 bits per heavy atom. The summed E-state index contributed by atoms with van der Waals surface area (Å²) in [5.41, 5.74) is 9.25. The largest absolute Gasteiger partial charge is 0.489 e. The molecule has 2 aromatic rings. The van der Waals surface area contributed by atoms with Gasteiger partial charge in [0.2, 0.25) is 0 Å². The molecule has 21 heavy (non-hydrogen) atoms. The summed E-state index contributed by atoms with van der Waals surface area (Å²) < 4.78 is 5.78. The van der Waals surface area contributed by atoms with Crippen LogP contribution >= 0.6 is 12.4 Å². The summed E-state index contributed by atoms with van der Waals surface area (Å²) in [6.07, 6.45) is 0.675. The second-order valence-electron chi connectivity index (χ2n) is 5.01. The van der Waals surface area contributed by atoms with Crippen molar-refractivity contribution in [2.24, 2.45) is 5.73 Å². The van der Waals surface area contributed by atoms with E-state index >= 15 is 0 Å². The molecule has 2 aromatic carbocycles. The van der Waals surface area contributed by atoms with Crippen molar-refractivity contribution in [3.05, 3.63) is 65.2 Å². The van der Waals surface area contributed by atoms with Crippen molar-refractivity contribution in [3.8, 4) is 5.75 Å².